The van der Waals surface area contributed by atoms with Crippen molar-refractivity contribution in [2.24, 2.45) is 17.3 Å². The van der Waals surface area contributed by atoms with E-state index in [9.17, 15) is 32.4 Å². The molecule has 0 radical (unpaired) electrons. The fraction of sp³-hybridized carbons (Fsp3) is 0.556. The van der Waals surface area contributed by atoms with Crippen LogP contribution in [0.15, 0.2) is 43.1 Å². The molecule has 1 N–H and O–H groups in total. The lowest BCUT2D eigenvalue weighted by molar-refractivity contribution is -0.157. The zero-order chi connectivity index (χ0) is 35.5. The lowest BCUT2D eigenvalue weighted by Gasteiger charge is -2.28. The topological polar surface area (TPSA) is 169 Å². The van der Waals surface area contributed by atoms with Crippen molar-refractivity contribution >= 4 is 50.3 Å². The highest BCUT2D eigenvalue weighted by Crippen LogP contribution is 2.57. The molecule has 2 aromatic rings. The van der Waals surface area contributed by atoms with E-state index in [1.807, 2.05) is 31.2 Å². The highest BCUT2D eigenvalue weighted by Gasteiger charge is 2.61. The van der Waals surface area contributed by atoms with E-state index in [4.69, 9.17) is 9.47 Å². The van der Waals surface area contributed by atoms with E-state index in [1.54, 1.807) is 19.2 Å². The molecule has 4 heterocycles. The van der Waals surface area contributed by atoms with Crippen molar-refractivity contribution in [3.8, 4) is 5.88 Å². The molecule has 5 fully saturated rings. The SMILES string of the molecule is C=C[C@@H]1C[C@]1(CC(=O)[C@@H]1CC(Oc2nccc3cc(C)ccc23)CN1C(=O)[C@@H](C)CCC(=O)N1C[C@H]2C[C@@H]1C(=O)O2)C(=O)NS(=O)(=O)C1CC1. The van der Waals surface area contributed by atoms with Crippen LogP contribution in [-0.2, 0) is 38.7 Å². The molecule has 1 aromatic carbocycles. The van der Waals surface area contributed by atoms with Gasteiger partial charge in [-0.25, -0.2) is 18.2 Å². The van der Waals surface area contributed by atoms with Crippen molar-refractivity contribution in [1.29, 1.82) is 0 Å². The highest BCUT2D eigenvalue weighted by molar-refractivity contribution is 7.90. The average Bonchev–Trinajstić information content (AvgIpc) is 3.94. The van der Waals surface area contributed by atoms with E-state index in [0.29, 0.717) is 31.7 Å². The zero-order valence-corrected chi connectivity index (χ0v) is 29.0. The monoisotopic (exact) mass is 706 g/mol. The Balaban J connectivity index is 1.08. The van der Waals surface area contributed by atoms with Crippen LogP contribution in [0.5, 0.6) is 5.88 Å². The number of likely N-dealkylation sites (tertiary alicyclic amines) is 2. The Bertz CT molecular complexity index is 1890. The zero-order valence-electron chi connectivity index (χ0n) is 28.2. The van der Waals surface area contributed by atoms with Gasteiger partial charge in [0, 0.05) is 43.2 Å². The Labute approximate surface area is 290 Å². The van der Waals surface area contributed by atoms with Gasteiger partial charge in [0.25, 0.3) is 0 Å². The quantitative estimate of drug-likeness (QED) is 0.241. The number of rotatable bonds is 13. The number of aromatic nitrogens is 1. The second-order valence-electron chi connectivity index (χ2n) is 14.6. The number of nitrogens with one attached hydrogen (secondary N) is 1. The fourth-order valence-electron chi connectivity index (χ4n) is 7.78. The minimum Gasteiger partial charge on any atom is -0.472 e. The van der Waals surface area contributed by atoms with Crippen LogP contribution in [0.3, 0.4) is 0 Å². The van der Waals surface area contributed by atoms with Crippen LogP contribution < -0.4 is 9.46 Å². The lowest BCUT2D eigenvalue weighted by atomic mass is 9.91. The van der Waals surface area contributed by atoms with E-state index in [-0.39, 0.29) is 68.3 Å². The van der Waals surface area contributed by atoms with E-state index in [0.717, 1.165) is 16.3 Å². The third-order valence-corrected chi connectivity index (χ3v) is 12.8. The molecule has 3 aliphatic heterocycles. The first kappa shape index (κ1) is 34.1. The maximum absolute atomic E-state index is 14.2. The normalized spacial score (nSPS) is 29.1. The molecule has 0 spiro atoms. The molecule has 7 rings (SSSR count). The average molecular weight is 707 g/mol. The number of morpholine rings is 1. The molecule has 2 aliphatic carbocycles. The second-order valence-corrected chi connectivity index (χ2v) is 16.6. The molecule has 13 nitrogen and oxygen atoms in total. The number of hydrogen-bond donors (Lipinski definition) is 1. The fourth-order valence-corrected chi connectivity index (χ4v) is 9.16. The highest BCUT2D eigenvalue weighted by atomic mass is 32.2. The van der Waals surface area contributed by atoms with E-state index >= 15 is 0 Å². The number of esters is 1. The van der Waals surface area contributed by atoms with E-state index in [1.165, 1.54) is 9.80 Å². The molecule has 14 heteroatoms. The van der Waals surface area contributed by atoms with Crippen LogP contribution in [0.2, 0.25) is 0 Å². The minimum absolute atomic E-state index is 0.0505. The number of carbonyl (C=O) groups excluding carboxylic acids is 5. The summed E-state index contributed by atoms with van der Waals surface area (Å²) in [6, 6.07) is 6.24. The number of pyridine rings is 1. The van der Waals surface area contributed by atoms with E-state index < -0.39 is 56.7 Å². The van der Waals surface area contributed by atoms with Crippen molar-refractivity contribution in [2.75, 3.05) is 13.1 Å². The maximum Gasteiger partial charge on any atom is 0.329 e. The number of nitrogens with zero attached hydrogens (tertiary/aromatic N) is 3. The van der Waals surface area contributed by atoms with Crippen molar-refractivity contribution in [1.82, 2.24) is 19.5 Å². The largest absolute Gasteiger partial charge is 0.472 e. The third kappa shape index (κ3) is 6.38. The van der Waals surface area contributed by atoms with Gasteiger partial charge < -0.3 is 19.3 Å². The molecule has 50 heavy (non-hydrogen) atoms. The van der Waals surface area contributed by atoms with Crippen LogP contribution in [0.4, 0.5) is 0 Å². The maximum atomic E-state index is 14.2. The number of hydrogen-bond acceptors (Lipinski definition) is 10. The predicted molar refractivity (Wildman–Crippen MR) is 180 cm³/mol. The first-order valence-electron chi connectivity index (χ1n) is 17.3. The molecule has 266 valence electrons. The Morgan fingerprint density at radius 2 is 1.94 bits per heavy atom. The van der Waals surface area contributed by atoms with Gasteiger partial charge in [-0.05, 0) is 56.0 Å². The number of allylic oxidation sites excluding steroid dienone is 1. The van der Waals surface area contributed by atoms with Gasteiger partial charge in [-0.1, -0.05) is 30.7 Å². The lowest BCUT2D eigenvalue weighted by Crippen LogP contribution is -2.46. The van der Waals surface area contributed by atoms with Crippen LogP contribution in [0.25, 0.3) is 10.8 Å². The summed E-state index contributed by atoms with van der Waals surface area (Å²) < 4.78 is 39.1. The van der Waals surface area contributed by atoms with Crippen molar-refractivity contribution in [3.63, 3.8) is 0 Å². The Kier molecular flexibility index (Phi) is 8.72. The number of aryl methyl sites for hydroxylation is 1. The van der Waals surface area contributed by atoms with Crippen LogP contribution in [0.1, 0.15) is 63.9 Å². The number of ether oxygens (including phenoxy) is 2. The molecule has 1 unspecified atom stereocenters. The second kappa shape index (κ2) is 12.8. The van der Waals surface area contributed by atoms with Gasteiger partial charge >= 0.3 is 5.97 Å². The molecule has 2 bridgehead atoms. The van der Waals surface area contributed by atoms with Gasteiger partial charge in [0.2, 0.25) is 33.6 Å². The first-order valence-corrected chi connectivity index (χ1v) is 18.9. The summed E-state index contributed by atoms with van der Waals surface area (Å²) in [5, 5.41) is 1.12. The van der Waals surface area contributed by atoms with Gasteiger partial charge in [-0.15, -0.1) is 6.58 Å². The molecule has 3 amide bonds. The van der Waals surface area contributed by atoms with Crippen LogP contribution >= 0.6 is 0 Å². The number of fused-ring (bicyclic) bond motifs is 3. The Morgan fingerprint density at radius 3 is 2.62 bits per heavy atom. The van der Waals surface area contributed by atoms with Crippen LogP contribution in [-0.4, -0.2) is 95.3 Å². The van der Waals surface area contributed by atoms with Crippen molar-refractivity contribution < 1.29 is 41.9 Å². The first-order chi connectivity index (χ1) is 23.8. The minimum atomic E-state index is -3.83. The summed E-state index contributed by atoms with van der Waals surface area (Å²) in [5.74, 6) is -2.69. The molecular weight excluding hydrogens is 664 g/mol. The Hall–Kier alpha value is -4.33. The number of carbonyl (C=O) groups is 5. The number of Topliss-reactive ketones (excluding diaryl/α,β-unsaturated/α-hetero) is 1. The van der Waals surface area contributed by atoms with Crippen molar-refractivity contribution in [2.45, 2.75) is 94.8 Å². The molecule has 7 atom stereocenters. The van der Waals surface area contributed by atoms with Gasteiger partial charge in [0.15, 0.2) is 5.78 Å². The molecule has 3 saturated heterocycles. The number of amides is 3. The van der Waals surface area contributed by atoms with Gasteiger partial charge in [0.1, 0.15) is 18.2 Å². The summed E-state index contributed by atoms with van der Waals surface area (Å²) >= 11 is 0. The summed E-state index contributed by atoms with van der Waals surface area (Å²) in [7, 11) is -3.83. The van der Waals surface area contributed by atoms with Gasteiger partial charge in [-0.2, -0.15) is 0 Å². The third-order valence-electron chi connectivity index (χ3n) is 11.0. The summed E-state index contributed by atoms with van der Waals surface area (Å²) in [5.41, 5.74) is -0.193. The predicted octanol–water partition coefficient (Wildman–Crippen LogP) is 2.59. The molecule has 1 aromatic heterocycles. The number of benzene rings is 1. The number of ketones is 1. The van der Waals surface area contributed by atoms with Crippen LogP contribution in [0, 0.1) is 24.2 Å². The number of sulfonamides is 1. The summed E-state index contributed by atoms with van der Waals surface area (Å²) in [6.45, 7) is 7.92. The van der Waals surface area contributed by atoms with Crippen molar-refractivity contribution in [3.05, 3.63) is 48.7 Å². The van der Waals surface area contributed by atoms with E-state index in [2.05, 4.69) is 16.3 Å². The molecule has 5 aliphatic rings. The summed E-state index contributed by atoms with van der Waals surface area (Å²) in [6.07, 6.45) is 4.22. The van der Waals surface area contributed by atoms with Gasteiger partial charge in [-0.3, -0.25) is 23.9 Å². The smallest absolute Gasteiger partial charge is 0.329 e. The Morgan fingerprint density at radius 1 is 1.16 bits per heavy atom. The standard InChI is InChI=1S/C36H42N4O9S/c1-4-23-16-36(23,35(45)38-50(46,47)26-7-8-26)17-30(41)28-14-24(48-32-27-9-5-20(2)13-22(27)11-12-37-32)19-40(28)33(43)21(3)6-10-31(42)39-18-25-15-29(39)34(44)49-25/h4-5,9,11-13,21,23-26,28-29H,1,6-8,10,14-19H2,2-3H3,(H,38,45)/t21-,23+,24?,25+,28-,29+,36+/m0/s1. The summed E-state index contributed by atoms with van der Waals surface area (Å²) in [4.78, 5) is 74.2. The molecular formula is C36H42N4O9S. The van der Waals surface area contributed by atoms with Gasteiger partial charge in [0.05, 0.1) is 29.8 Å². The molecule has 2 saturated carbocycles.